The van der Waals surface area contributed by atoms with Gasteiger partial charge in [0.25, 0.3) is 0 Å². The molecule has 3 amide bonds. The summed E-state index contributed by atoms with van der Waals surface area (Å²) in [6, 6.07) is 10.6. The lowest BCUT2D eigenvalue weighted by Crippen LogP contribution is -2.61. The van der Waals surface area contributed by atoms with Gasteiger partial charge in [-0.1, -0.05) is 50.1 Å². The van der Waals surface area contributed by atoms with Gasteiger partial charge in [-0.05, 0) is 37.7 Å². The molecular formula is C26H35N3O3. The molecule has 2 bridgehead atoms. The second-order valence-electron chi connectivity index (χ2n) is 10.5. The molecule has 4 fully saturated rings. The summed E-state index contributed by atoms with van der Waals surface area (Å²) in [6.45, 7) is 4.87. The minimum Gasteiger partial charge on any atom is -0.334 e. The molecule has 0 spiro atoms. The topological polar surface area (TPSA) is 60.9 Å². The standard InChI is InChI=1S/C26H35N3O3/c1-18(30)28-20(15-19-9-4-3-5-10-19)21-16-26(2)22(28)11-6-7-12-23(26)29(21)25(32)17-27-14-8-13-24(27)31/h3-5,9-10,20-23H,6-8,11-17H2,1-2H3/t20-,21+,22-,23+,26-/m1/s1. The molecule has 5 rings (SSSR count). The number of amides is 3. The van der Waals surface area contributed by atoms with Crippen LogP contribution in [0.3, 0.4) is 0 Å². The van der Waals surface area contributed by atoms with E-state index in [1.165, 1.54) is 5.56 Å². The Morgan fingerprint density at radius 2 is 1.72 bits per heavy atom. The van der Waals surface area contributed by atoms with Gasteiger partial charge in [-0.25, -0.2) is 0 Å². The normalized spacial score (nSPS) is 34.1. The Morgan fingerprint density at radius 3 is 2.34 bits per heavy atom. The molecule has 0 aromatic heterocycles. The first-order chi connectivity index (χ1) is 15.4. The second-order valence-corrected chi connectivity index (χ2v) is 10.5. The third-order valence-corrected chi connectivity index (χ3v) is 8.64. The van der Waals surface area contributed by atoms with Crippen LogP contribution in [0, 0.1) is 5.41 Å². The highest BCUT2D eigenvalue weighted by atomic mass is 16.2. The summed E-state index contributed by atoms with van der Waals surface area (Å²) < 4.78 is 0. The lowest BCUT2D eigenvalue weighted by Gasteiger charge is -2.50. The Hall–Kier alpha value is -2.37. The van der Waals surface area contributed by atoms with Gasteiger partial charge < -0.3 is 14.7 Å². The van der Waals surface area contributed by atoms with Crippen molar-refractivity contribution in [2.45, 2.75) is 89.4 Å². The number of rotatable bonds is 4. The minimum absolute atomic E-state index is 0.00802. The molecular weight excluding hydrogens is 402 g/mol. The molecule has 1 saturated carbocycles. The number of fused-ring (bicyclic) bond motifs is 1. The number of hydrogen-bond donors (Lipinski definition) is 0. The molecule has 3 saturated heterocycles. The Bertz CT molecular complexity index is 903. The van der Waals surface area contributed by atoms with Crippen molar-refractivity contribution in [1.29, 1.82) is 0 Å². The van der Waals surface area contributed by atoms with Crippen molar-refractivity contribution in [3.05, 3.63) is 35.9 Å². The van der Waals surface area contributed by atoms with E-state index in [1.807, 2.05) is 18.2 Å². The molecule has 0 N–H and O–H groups in total. The van der Waals surface area contributed by atoms with Gasteiger partial charge in [-0.15, -0.1) is 0 Å². The van der Waals surface area contributed by atoms with Crippen molar-refractivity contribution in [3.63, 3.8) is 0 Å². The van der Waals surface area contributed by atoms with Crippen molar-refractivity contribution in [2.24, 2.45) is 5.41 Å². The molecule has 5 atom stereocenters. The van der Waals surface area contributed by atoms with Crippen molar-refractivity contribution in [3.8, 4) is 0 Å². The van der Waals surface area contributed by atoms with Crippen LogP contribution in [0.5, 0.6) is 0 Å². The third kappa shape index (κ3) is 3.43. The fourth-order valence-electron chi connectivity index (χ4n) is 7.28. The van der Waals surface area contributed by atoms with E-state index in [9.17, 15) is 14.4 Å². The van der Waals surface area contributed by atoms with E-state index in [0.717, 1.165) is 44.9 Å². The van der Waals surface area contributed by atoms with Crippen LogP contribution < -0.4 is 0 Å². The Morgan fingerprint density at radius 1 is 1.03 bits per heavy atom. The van der Waals surface area contributed by atoms with Crippen LogP contribution in [0.1, 0.15) is 64.4 Å². The van der Waals surface area contributed by atoms with Crippen LogP contribution >= 0.6 is 0 Å². The highest BCUT2D eigenvalue weighted by molar-refractivity contribution is 5.87. The molecule has 1 aromatic carbocycles. The zero-order valence-electron chi connectivity index (χ0n) is 19.3. The largest absolute Gasteiger partial charge is 0.334 e. The van der Waals surface area contributed by atoms with E-state index in [0.29, 0.717) is 13.0 Å². The number of carbonyl (C=O) groups excluding carboxylic acids is 3. The predicted molar refractivity (Wildman–Crippen MR) is 122 cm³/mol. The number of carbonyl (C=O) groups is 3. The molecule has 3 aliphatic heterocycles. The summed E-state index contributed by atoms with van der Waals surface area (Å²) >= 11 is 0. The van der Waals surface area contributed by atoms with Gasteiger partial charge in [0.05, 0.1) is 18.6 Å². The maximum atomic E-state index is 13.7. The van der Waals surface area contributed by atoms with Gasteiger partial charge >= 0.3 is 0 Å². The zero-order chi connectivity index (χ0) is 22.5. The van der Waals surface area contributed by atoms with E-state index < -0.39 is 0 Å². The first-order valence-electron chi connectivity index (χ1n) is 12.3. The van der Waals surface area contributed by atoms with Gasteiger partial charge in [0.1, 0.15) is 0 Å². The maximum Gasteiger partial charge on any atom is 0.242 e. The highest BCUT2D eigenvalue weighted by Crippen LogP contribution is 2.55. The molecule has 4 aliphatic rings. The summed E-state index contributed by atoms with van der Waals surface area (Å²) in [4.78, 5) is 45.0. The minimum atomic E-state index is -0.0787. The molecule has 32 heavy (non-hydrogen) atoms. The lowest BCUT2D eigenvalue weighted by atomic mass is 9.69. The number of hydrogen-bond acceptors (Lipinski definition) is 3. The second kappa shape index (κ2) is 8.20. The summed E-state index contributed by atoms with van der Waals surface area (Å²) in [5, 5.41) is 0. The molecule has 0 radical (unpaired) electrons. The lowest BCUT2D eigenvalue weighted by molar-refractivity contribution is -0.144. The van der Waals surface area contributed by atoms with Crippen LogP contribution in [-0.4, -0.2) is 69.7 Å². The van der Waals surface area contributed by atoms with E-state index in [2.05, 4.69) is 28.9 Å². The Balaban J connectivity index is 1.53. The third-order valence-electron chi connectivity index (χ3n) is 8.64. The van der Waals surface area contributed by atoms with E-state index in [1.54, 1.807) is 11.8 Å². The van der Waals surface area contributed by atoms with E-state index >= 15 is 0 Å². The Kier molecular flexibility index (Phi) is 5.50. The summed E-state index contributed by atoms with van der Waals surface area (Å²) in [5.74, 6) is 0.288. The van der Waals surface area contributed by atoms with Crippen LogP contribution in [-0.2, 0) is 20.8 Å². The number of benzene rings is 1. The van der Waals surface area contributed by atoms with E-state index in [-0.39, 0.29) is 53.8 Å². The van der Waals surface area contributed by atoms with Crippen LogP contribution in [0.15, 0.2) is 30.3 Å². The molecule has 6 nitrogen and oxygen atoms in total. The quantitative estimate of drug-likeness (QED) is 0.728. The average molecular weight is 438 g/mol. The number of likely N-dealkylation sites (tertiary alicyclic amines) is 3. The zero-order valence-corrected chi connectivity index (χ0v) is 19.3. The maximum absolute atomic E-state index is 13.7. The monoisotopic (exact) mass is 437 g/mol. The van der Waals surface area contributed by atoms with Crippen molar-refractivity contribution >= 4 is 17.7 Å². The Labute approximate surface area is 190 Å². The fourth-order valence-corrected chi connectivity index (χ4v) is 7.28. The predicted octanol–water partition coefficient (Wildman–Crippen LogP) is 3.00. The molecule has 1 aromatic rings. The van der Waals surface area contributed by atoms with Gasteiger partial charge in [0, 0.05) is 37.4 Å². The molecule has 172 valence electrons. The van der Waals surface area contributed by atoms with Crippen LogP contribution in [0.2, 0.25) is 0 Å². The summed E-state index contributed by atoms with van der Waals surface area (Å²) in [5.41, 5.74) is 1.12. The highest BCUT2D eigenvalue weighted by Gasteiger charge is 2.63. The van der Waals surface area contributed by atoms with Gasteiger partial charge in [0.2, 0.25) is 17.7 Å². The molecule has 6 heteroatoms. The van der Waals surface area contributed by atoms with E-state index in [4.69, 9.17) is 0 Å². The first kappa shape index (κ1) is 21.5. The van der Waals surface area contributed by atoms with Crippen molar-refractivity contribution < 1.29 is 14.4 Å². The fraction of sp³-hybridized carbons (Fsp3) is 0.654. The molecule has 3 heterocycles. The summed E-state index contributed by atoms with van der Waals surface area (Å²) in [6.07, 6.45) is 7.29. The average Bonchev–Trinajstić information content (AvgIpc) is 3.22. The van der Waals surface area contributed by atoms with Crippen LogP contribution in [0.4, 0.5) is 0 Å². The van der Waals surface area contributed by atoms with Crippen molar-refractivity contribution in [2.75, 3.05) is 13.1 Å². The first-order valence-corrected chi connectivity index (χ1v) is 12.3. The molecule has 0 unspecified atom stereocenters. The van der Waals surface area contributed by atoms with Crippen LogP contribution in [0.25, 0.3) is 0 Å². The molecule has 1 aliphatic carbocycles. The smallest absolute Gasteiger partial charge is 0.242 e. The van der Waals surface area contributed by atoms with Gasteiger partial charge in [-0.2, -0.15) is 0 Å². The number of nitrogens with zero attached hydrogens (tertiary/aromatic N) is 3. The van der Waals surface area contributed by atoms with Gasteiger partial charge in [-0.3, -0.25) is 14.4 Å². The number of piperidine rings is 1. The summed E-state index contributed by atoms with van der Waals surface area (Å²) in [7, 11) is 0. The SMILES string of the molecule is CC(=O)N1[C@H](Cc2ccccc2)[C@@H]2C[C@@]3(C)[C@H](CCCC[C@@H]13)N2C(=O)CN1CCCC1=O. The van der Waals surface area contributed by atoms with Gasteiger partial charge in [0.15, 0.2) is 0 Å². The van der Waals surface area contributed by atoms with Crippen molar-refractivity contribution in [1.82, 2.24) is 14.7 Å².